The van der Waals surface area contributed by atoms with Gasteiger partial charge in [-0.15, -0.1) is 0 Å². The molecule has 1 aromatic carbocycles. The molecule has 0 saturated heterocycles. The zero-order valence-electron chi connectivity index (χ0n) is 10.5. The number of benzene rings is 1. The van der Waals surface area contributed by atoms with Gasteiger partial charge in [0, 0.05) is 6.54 Å². The third kappa shape index (κ3) is 4.00. The average Bonchev–Trinajstić information content (AvgIpc) is 2.38. The Balaban J connectivity index is 2.67. The Kier molecular flexibility index (Phi) is 5.96. The molecule has 0 amide bonds. The third-order valence-corrected chi connectivity index (χ3v) is 2.20. The van der Waals surface area contributed by atoms with E-state index in [1.54, 1.807) is 14.2 Å². The quantitative estimate of drug-likeness (QED) is 0.735. The number of nitrogens with one attached hydrogen (secondary N) is 1. The van der Waals surface area contributed by atoms with Gasteiger partial charge in [-0.1, -0.05) is 18.2 Å². The fourth-order valence-corrected chi connectivity index (χ4v) is 1.36. The lowest BCUT2D eigenvalue weighted by Crippen LogP contribution is -2.05. The topological polar surface area (TPSA) is 39.7 Å². The number of para-hydroxylation sites is 1. The zero-order valence-corrected chi connectivity index (χ0v) is 10.5. The Morgan fingerprint density at radius 1 is 1.12 bits per heavy atom. The number of hydrogen-bond acceptors (Lipinski definition) is 4. The van der Waals surface area contributed by atoms with E-state index in [-0.39, 0.29) is 0 Å². The van der Waals surface area contributed by atoms with Gasteiger partial charge in [-0.05, 0) is 19.2 Å². The van der Waals surface area contributed by atoms with E-state index in [1.165, 1.54) is 0 Å². The van der Waals surface area contributed by atoms with E-state index in [2.05, 4.69) is 5.32 Å². The van der Waals surface area contributed by atoms with Crippen molar-refractivity contribution in [2.45, 2.75) is 0 Å². The molecule has 0 aliphatic rings. The van der Waals surface area contributed by atoms with Crippen LogP contribution in [0, 0.1) is 0 Å². The highest BCUT2D eigenvalue weighted by Crippen LogP contribution is 2.36. The molecule has 4 nitrogen and oxygen atoms in total. The number of hydrogen-bond donors (Lipinski definition) is 1. The van der Waals surface area contributed by atoms with Crippen molar-refractivity contribution < 1.29 is 14.2 Å². The van der Waals surface area contributed by atoms with Gasteiger partial charge in [-0.25, -0.2) is 0 Å². The van der Waals surface area contributed by atoms with Gasteiger partial charge in [0.25, 0.3) is 0 Å². The summed E-state index contributed by atoms with van der Waals surface area (Å²) in [5.74, 6) is 1.98. The second-order valence-electron chi connectivity index (χ2n) is 3.33. The SMILES string of the molecule is CNCC=CCOc1c(OC)cccc1OC. The summed E-state index contributed by atoms with van der Waals surface area (Å²) in [5, 5.41) is 3.02. The molecular weight excluding hydrogens is 218 g/mol. The zero-order chi connectivity index (χ0) is 12.5. The van der Waals surface area contributed by atoms with Crippen LogP contribution < -0.4 is 19.5 Å². The van der Waals surface area contributed by atoms with Gasteiger partial charge in [0.05, 0.1) is 14.2 Å². The first-order valence-electron chi connectivity index (χ1n) is 5.46. The summed E-state index contributed by atoms with van der Waals surface area (Å²) in [6.45, 7) is 1.31. The molecule has 0 spiro atoms. The van der Waals surface area contributed by atoms with Gasteiger partial charge in [-0.2, -0.15) is 0 Å². The Morgan fingerprint density at radius 2 is 1.76 bits per heavy atom. The van der Waals surface area contributed by atoms with E-state index in [0.717, 1.165) is 6.54 Å². The van der Waals surface area contributed by atoms with Crippen molar-refractivity contribution in [2.24, 2.45) is 0 Å². The van der Waals surface area contributed by atoms with Crippen molar-refractivity contribution in [2.75, 3.05) is 34.4 Å². The highest BCUT2D eigenvalue weighted by atomic mass is 16.5. The molecule has 0 atom stereocenters. The van der Waals surface area contributed by atoms with Crippen LogP contribution in [0.1, 0.15) is 0 Å². The largest absolute Gasteiger partial charge is 0.493 e. The summed E-state index contributed by atoms with van der Waals surface area (Å²) in [7, 11) is 5.12. The second-order valence-corrected chi connectivity index (χ2v) is 3.33. The standard InChI is InChI=1S/C13H19NO3/c1-14-9-4-5-10-17-13-11(15-2)7-6-8-12(13)16-3/h4-8,14H,9-10H2,1-3H3. The summed E-state index contributed by atoms with van der Waals surface area (Å²) in [6.07, 6.45) is 3.95. The van der Waals surface area contributed by atoms with Crippen LogP contribution in [0.15, 0.2) is 30.4 Å². The number of rotatable bonds is 7. The summed E-state index contributed by atoms with van der Waals surface area (Å²) < 4.78 is 16.1. The molecule has 0 saturated carbocycles. The maximum Gasteiger partial charge on any atom is 0.203 e. The van der Waals surface area contributed by atoms with Crippen molar-refractivity contribution in [1.29, 1.82) is 0 Å². The molecule has 0 aliphatic heterocycles. The predicted octanol–water partition coefficient (Wildman–Crippen LogP) is 1.86. The average molecular weight is 237 g/mol. The van der Waals surface area contributed by atoms with E-state index < -0.39 is 0 Å². The molecular formula is C13H19NO3. The second kappa shape index (κ2) is 7.57. The highest BCUT2D eigenvalue weighted by molar-refractivity contribution is 5.51. The Bertz CT molecular complexity index is 341. The first kappa shape index (κ1) is 13.4. The molecule has 17 heavy (non-hydrogen) atoms. The Labute approximate surface area is 102 Å². The molecule has 4 heteroatoms. The van der Waals surface area contributed by atoms with Crippen molar-refractivity contribution in [3.05, 3.63) is 30.4 Å². The van der Waals surface area contributed by atoms with E-state index >= 15 is 0 Å². The van der Waals surface area contributed by atoms with Crippen molar-refractivity contribution in [3.63, 3.8) is 0 Å². The maximum absolute atomic E-state index is 5.63. The van der Waals surface area contributed by atoms with Crippen LogP contribution in [0.3, 0.4) is 0 Å². The highest BCUT2D eigenvalue weighted by Gasteiger charge is 2.09. The first-order valence-corrected chi connectivity index (χ1v) is 5.46. The van der Waals surface area contributed by atoms with Crippen LogP contribution in [0.2, 0.25) is 0 Å². The van der Waals surface area contributed by atoms with E-state index in [9.17, 15) is 0 Å². The minimum absolute atomic E-state index is 0.485. The third-order valence-electron chi connectivity index (χ3n) is 2.20. The normalized spacial score (nSPS) is 10.5. The molecule has 0 bridgehead atoms. The molecule has 1 rings (SSSR count). The van der Waals surface area contributed by atoms with E-state index in [0.29, 0.717) is 23.9 Å². The van der Waals surface area contributed by atoms with Gasteiger partial charge < -0.3 is 19.5 Å². The molecule has 0 radical (unpaired) electrons. The summed E-state index contributed by atoms with van der Waals surface area (Å²) in [4.78, 5) is 0. The van der Waals surface area contributed by atoms with Crippen LogP contribution in [-0.2, 0) is 0 Å². The predicted molar refractivity (Wildman–Crippen MR) is 68.1 cm³/mol. The van der Waals surface area contributed by atoms with Crippen LogP contribution in [0.4, 0.5) is 0 Å². The van der Waals surface area contributed by atoms with Gasteiger partial charge in [0.15, 0.2) is 11.5 Å². The molecule has 0 unspecified atom stereocenters. The molecule has 1 aromatic rings. The van der Waals surface area contributed by atoms with E-state index in [4.69, 9.17) is 14.2 Å². The van der Waals surface area contributed by atoms with Crippen LogP contribution >= 0.6 is 0 Å². The minimum Gasteiger partial charge on any atom is -0.493 e. The first-order chi connectivity index (χ1) is 8.33. The monoisotopic (exact) mass is 237 g/mol. The van der Waals surface area contributed by atoms with Crippen LogP contribution in [-0.4, -0.2) is 34.4 Å². The van der Waals surface area contributed by atoms with Crippen molar-refractivity contribution >= 4 is 0 Å². The molecule has 0 fully saturated rings. The minimum atomic E-state index is 0.485. The van der Waals surface area contributed by atoms with Gasteiger partial charge in [0.1, 0.15) is 6.61 Å². The lowest BCUT2D eigenvalue weighted by atomic mass is 10.3. The molecule has 0 aliphatic carbocycles. The van der Waals surface area contributed by atoms with Gasteiger partial charge in [0.2, 0.25) is 5.75 Å². The Morgan fingerprint density at radius 3 is 2.29 bits per heavy atom. The van der Waals surface area contributed by atoms with Crippen LogP contribution in [0.5, 0.6) is 17.2 Å². The smallest absolute Gasteiger partial charge is 0.203 e. The molecule has 94 valence electrons. The summed E-state index contributed by atoms with van der Waals surface area (Å²) >= 11 is 0. The molecule has 1 N–H and O–H groups in total. The van der Waals surface area contributed by atoms with Crippen molar-refractivity contribution in [1.82, 2.24) is 5.32 Å². The molecule has 0 aromatic heterocycles. The van der Waals surface area contributed by atoms with Gasteiger partial charge >= 0.3 is 0 Å². The Hall–Kier alpha value is -1.68. The number of ether oxygens (including phenoxy) is 3. The summed E-state index contributed by atoms with van der Waals surface area (Å²) in [6, 6.07) is 5.55. The molecule has 0 heterocycles. The summed E-state index contributed by atoms with van der Waals surface area (Å²) in [5.41, 5.74) is 0. The fourth-order valence-electron chi connectivity index (χ4n) is 1.36. The number of methoxy groups -OCH3 is 2. The fraction of sp³-hybridized carbons (Fsp3) is 0.385. The number of likely N-dealkylation sites (N-methyl/N-ethyl adjacent to an activating group) is 1. The van der Waals surface area contributed by atoms with Crippen molar-refractivity contribution in [3.8, 4) is 17.2 Å². The van der Waals surface area contributed by atoms with E-state index in [1.807, 2.05) is 37.4 Å². The van der Waals surface area contributed by atoms with Gasteiger partial charge in [-0.3, -0.25) is 0 Å². The lowest BCUT2D eigenvalue weighted by Gasteiger charge is -2.12. The van der Waals surface area contributed by atoms with Crippen LogP contribution in [0.25, 0.3) is 0 Å². The lowest BCUT2D eigenvalue weighted by molar-refractivity contribution is 0.300. The maximum atomic E-state index is 5.63.